The molecule has 1 aromatic carbocycles. The highest BCUT2D eigenvalue weighted by molar-refractivity contribution is 5.91. The summed E-state index contributed by atoms with van der Waals surface area (Å²) in [6.07, 6.45) is 0. The number of hydrogen-bond acceptors (Lipinski definition) is 2. The van der Waals surface area contributed by atoms with Gasteiger partial charge in [0.2, 0.25) is 5.91 Å². The second kappa shape index (κ2) is 4.82. The monoisotopic (exact) mass is 206 g/mol. The molecular formula is C12H18N2O. The molecule has 0 radical (unpaired) electrons. The van der Waals surface area contributed by atoms with Gasteiger partial charge in [-0.05, 0) is 38.0 Å². The summed E-state index contributed by atoms with van der Waals surface area (Å²) in [4.78, 5) is 11.1. The summed E-state index contributed by atoms with van der Waals surface area (Å²) in [5, 5.41) is 6.13. The van der Waals surface area contributed by atoms with E-state index in [-0.39, 0.29) is 5.91 Å². The van der Waals surface area contributed by atoms with Crippen LogP contribution < -0.4 is 10.6 Å². The van der Waals surface area contributed by atoms with E-state index in [9.17, 15) is 4.79 Å². The SMILES string of the molecule is CCNc1ccc(C)c(NC(C)=O)c1C. The lowest BCUT2D eigenvalue weighted by atomic mass is 10.1. The highest BCUT2D eigenvalue weighted by atomic mass is 16.1. The van der Waals surface area contributed by atoms with Gasteiger partial charge in [-0.2, -0.15) is 0 Å². The molecule has 82 valence electrons. The second-order valence-electron chi connectivity index (χ2n) is 3.64. The van der Waals surface area contributed by atoms with Gasteiger partial charge in [-0.25, -0.2) is 0 Å². The van der Waals surface area contributed by atoms with Gasteiger partial charge in [0, 0.05) is 24.8 Å². The molecule has 0 heterocycles. The highest BCUT2D eigenvalue weighted by Crippen LogP contribution is 2.27. The van der Waals surface area contributed by atoms with Crippen molar-refractivity contribution < 1.29 is 4.79 Å². The van der Waals surface area contributed by atoms with Crippen molar-refractivity contribution in [3.05, 3.63) is 23.3 Å². The zero-order valence-corrected chi connectivity index (χ0v) is 9.77. The molecule has 0 saturated heterocycles. The third-order valence-electron chi connectivity index (χ3n) is 2.34. The first kappa shape index (κ1) is 11.6. The molecule has 15 heavy (non-hydrogen) atoms. The first-order valence-corrected chi connectivity index (χ1v) is 5.18. The van der Waals surface area contributed by atoms with Gasteiger partial charge in [-0.3, -0.25) is 4.79 Å². The quantitative estimate of drug-likeness (QED) is 0.798. The molecule has 2 N–H and O–H groups in total. The topological polar surface area (TPSA) is 41.1 Å². The van der Waals surface area contributed by atoms with Gasteiger partial charge in [0.25, 0.3) is 0 Å². The minimum atomic E-state index is -0.0325. The average Bonchev–Trinajstić information content (AvgIpc) is 2.17. The molecule has 1 aromatic rings. The molecule has 0 aliphatic carbocycles. The van der Waals surface area contributed by atoms with Crippen LogP contribution in [0.25, 0.3) is 0 Å². The number of aryl methyl sites for hydroxylation is 1. The number of amides is 1. The number of carbonyl (C=O) groups excluding carboxylic acids is 1. The highest BCUT2D eigenvalue weighted by Gasteiger charge is 2.07. The van der Waals surface area contributed by atoms with Gasteiger partial charge in [0.15, 0.2) is 0 Å². The fraction of sp³-hybridized carbons (Fsp3) is 0.417. The fourth-order valence-corrected chi connectivity index (χ4v) is 1.60. The zero-order valence-electron chi connectivity index (χ0n) is 9.77. The summed E-state index contributed by atoms with van der Waals surface area (Å²) in [5.41, 5.74) is 4.17. The van der Waals surface area contributed by atoms with Crippen molar-refractivity contribution in [1.82, 2.24) is 0 Å². The number of rotatable bonds is 3. The summed E-state index contributed by atoms with van der Waals surface area (Å²) < 4.78 is 0. The fourth-order valence-electron chi connectivity index (χ4n) is 1.60. The molecule has 0 bridgehead atoms. The number of hydrogen-bond donors (Lipinski definition) is 2. The van der Waals surface area contributed by atoms with E-state index in [1.807, 2.05) is 26.0 Å². The van der Waals surface area contributed by atoms with Crippen molar-refractivity contribution in [1.29, 1.82) is 0 Å². The minimum Gasteiger partial charge on any atom is -0.385 e. The Balaban J connectivity index is 3.11. The molecule has 0 saturated carbocycles. The van der Waals surface area contributed by atoms with E-state index in [0.29, 0.717) is 0 Å². The Bertz CT molecular complexity index is 372. The van der Waals surface area contributed by atoms with Crippen molar-refractivity contribution in [3.63, 3.8) is 0 Å². The van der Waals surface area contributed by atoms with Crippen LogP contribution in [-0.2, 0) is 4.79 Å². The molecule has 0 aromatic heterocycles. The molecule has 3 nitrogen and oxygen atoms in total. The maximum atomic E-state index is 11.1. The Hall–Kier alpha value is -1.51. The summed E-state index contributed by atoms with van der Waals surface area (Å²) in [6, 6.07) is 4.05. The first-order chi connectivity index (χ1) is 7.06. The molecular weight excluding hydrogens is 188 g/mol. The van der Waals surface area contributed by atoms with Crippen LogP contribution in [0.5, 0.6) is 0 Å². The van der Waals surface area contributed by atoms with Gasteiger partial charge < -0.3 is 10.6 Å². The normalized spacial score (nSPS) is 9.87. The lowest BCUT2D eigenvalue weighted by Gasteiger charge is -2.15. The minimum absolute atomic E-state index is 0.0325. The van der Waals surface area contributed by atoms with Crippen LogP contribution in [0.3, 0.4) is 0 Å². The third-order valence-corrected chi connectivity index (χ3v) is 2.34. The molecule has 1 amide bonds. The smallest absolute Gasteiger partial charge is 0.221 e. The number of nitrogens with one attached hydrogen (secondary N) is 2. The van der Waals surface area contributed by atoms with E-state index in [0.717, 1.165) is 29.0 Å². The van der Waals surface area contributed by atoms with E-state index in [4.69, 9.17) is 0 Å². The average molecular weight is 206 g/mol. The van der Waals surface area contributed by atoms with E-state index in [1.165, 1.54) is 6.92 Å². The second-order valence-corrected chi connectivity index (χ2v) is 3.64. The van der Waals surface area contributed by atoms with Gasteiger partial charge in [0.1, 0.15) is 0 Å². The molecule has 0 aliphatic heterocycles. The predicted molar refractivity (Wildman–Crippen MR) is 64.4 cm³/mol. The van der Waals surface area contributed by atoms with Gasteiger partial charge >= 0.3 is 0 Å². The number of anilines is 2. The zero-order chi connectivity index (χ0) is 11.4. The van der Waals surface area contributed by atoms with Crippen LogP contribution in [0.15, 0.2) is 12.1 Å². The number of benzene rings is 1. The van der Waals surface area contributed by atoms with Crippen LogP contribution in [0.1, 0.15) is 25.0 Å². The molecule has 0 fully saturated rings. The summed E-state index contributed by atoms with van der Waals surface area (Å²) in [5.74, 6) is -0.0325. The Morgan fingerprint density at radius 1 is 1.33 bits per heavy atom. The summed E-state index contributed by atoms with van der Waals surface area (Å²) >= 11 is 0. The van der Waals surface area contributed by atoms with Crippen molar-refractivity contribution in [2.45, 2.75) is 27.7 Å². The van der Waals surface area contributed by atoms with Crippen molar-refractivity contribution in [2.75, 3.05) is 17.2 Å². The standard InChI is InChI=1S/C12H18N2O/c1-5-13-11-7-6-8(2)12(9(11)3)14-10(4)15/h6-7,13H,5H2,1-4H3,(H,14,15). The van der Waals surface area contributed by atoms with Gasteiger partial charge in [-0.1, -0.05) is 6.07 Å². The predicted octanol–water partition coefficient (Wildman–Crippen LogP) is 2.69. The van der Waals surface area contributed by atoms with Crippen molar-refractivity contribution in [3.8, 4) is 0 Å². The van der Waals surface area contributed by atoms with Crippen molar-refractivity contribution >= 4 is 17.3 Å². The molecule has 0 atom stereocenters. The van der Waals surface area contributed by atoms with Gasteiger partial charge in [0.05, 0.1) is 0 Å². The third kappa shape index (κ3) is 2.72. The van der Waals surface area contributed by atoms with Crippen LogP contribution in [0.2, 0.25) is 0 Å². The van der Waals surface area contributed by atoms with Crippen molar-refractivity contribution in [2.24, 2.45) is 0 Å². The molecule has 0 spiro atoms. The largest absolute Gasteiger partial charge is 0.385 e. The maximum Gasteiger partial charge on any atom is 0.221 e. The first-order valence-electron chi connectivity index (χ1n) is 5.18. The Morgan fingerprint density at radius 3 is 2.53 bits per heavy atom. The van der Waals surface area contributed by atoms with E-state index in [2.05, 4.69) is 17.6 Å². The van der Waals surface area contributed by atoms with E-state index in [1.54, 1.807) is 0 Å². The van der Waals surface area contributed by atoms with Crippen LogP contribution >= 0.6 is 0 Å². The lowest BCUT2D eigenvalue weighted by Crippen LogP contribution is -2.10. The summed E-state index contributed by atoms with van der Waals surface area (Å²) in [6.45, 7) is 8.46. The summed E-state index contributed by atoms with van der Waals surface area (Å²) in [7, 11) is 0. The molecule has 0 aliphatic rings. The van der Waals surface area contributed by atoms with E-state index >= 15 is 0 Å². The Kier molecular flexibility index (Phi) is 3.72. The lowest BCUT2D eigenvalue weighted by molar-refractivity contribution is -0.114. The van der Waals surface area contributed by atoms with Crippen LogP contribution in [-0.4, -0.2) is 12.5 Å². The maximum absolute atomic E-state index is 11.1. The number of carbonyl (C=O) groups is 1. The Labute approximate surface area is 90.9 Å². The van der Waals surface area contributed by atoms with Gasteiger partial charge in [-0.15, -0.1) is 0 Å². The Morgan fingerprint density at radius 2 is 2.00 bits per heavy atom. The molecule has 1 rings (SSSR count). The van der Waals surface area contributed by atoms with Crippen LogP contribution in [0.4, 0.5) is 11.4 Å². The molecule has 0 unspecified atom stereocenters. The van der Waals surface area contributed by atoms with Crippen LogP contribution in [0, 0.1) is 13.8 Å². The molecule has 3 heteroatoms. The van der Waals surface area contributed by atoms with E-state index < -0.39 is 0 Å².